The van der Waals surface area contributed by atoms with Crippen LogP contribution in [0.15, 0.2) is 58.9 Å². The number of nitrogens with zero attached hydrogens (tertiary/aromatic N) is 2. The number of nitrogens with one attached hydrogen (secondary N) is 2. The Bertz CT molecular complexity index is 1150. The van der Waals surface area contributed by atoms with Gasteiger partial charge in [-0.05, 0) is 48.6 Å². The van der Waals surface area contributed by atoms with Crippen LogP contribution in [0.25, 0.3) is 0 Å². The average Bonchev–Trinajstić information content (AvgIpc) is 3.18. The molecular formula is C21H23ClN4O3S2. The lowest BCUT2D eigenvalue weighted by molar-refractivity contribution is 0.102. The van der Waals surface area contributed by atoms with Crippen LogP contribution in [0.4, 0.5) is 5.13 Å². The summed E-state index contributed by atoms with van der Waals surface area (Å²) in [5, 5.41) is 10.7. The minimum absolute atomic E-state index is 0.0950. The van der Waals surface area contributed by atoms with Gasteiger partial charge in [-0.2, -0.15) is 0 Å². The lowest BCUT2D eigenvalue weighted by Crippen LogP contribution is -2.37. The molecule has 0 aliphatic heterocycles. The van der Waals surface area contributed by atoms with Crippen molar-refractivity contribution in [3.63, 3.8) is 0 Å². The van der Waals surface area contributed by atoms with Gasteiger partial charge in [0.1, 0.15) is 0 Å². The van der Waals surface area contributed by atoms with Gasteiger partial charge in [-0.15, -0.1) is 10.2 Å². The number of benzene rings is 2. The van der Waals surface area contributed by atoms with Gasteiger partial charge in [-0.3, -0.25) is 10.1 Å². The summed E-state index contributed by atoms with van der Waals surface area (Å²) in [6.45, 7) is 5.96. The first-order valence-electron chi connectivity index (χ1n) is 9.55. The maximum absolute atomic E-state index is 12.7. The van der Waals surface area contributed by atoms with E-state index in [0.29, 0.717) is 17.0 Å². The molecule has 2 N–H and O–H groups in total. The van der Waals surface area contributed by atoms with Crippen LogP contribution in [0, 0.1) is 0 Å². The number of hydrogen-bond donors (Lipinski definition) is 2. The Morgan fingerprint density at radius 3 is 2.39 bits per heavy atom. The van der Waals surface area contributed by atoms with Crippen molar-refractivity contribution < 1.29 is 13.2 Å². The predicted molar refractivity (Wildman–Crippen MR) is 123 cm³/mol. The fourth-order valence-electron chi connectivity index (χ4n) is 3.27. The van der Waals surface area contributed by atoms with Crippen molar-refractivity contribution in [1.29, 1.82) is 0 Å². The van der Waals surface area contributed by atoms with Crippen molar-refractivity contribution in [2.24, 2.45) is 0 Å². The Morgan fingerprint density at radius 2 is 1.74 bits per heavy atom. The van der Waals surface area contributed by atoms with Gasteiger partial charge in [0, 0.05) is 16.6 Å². The smallest absolute Gasteiger partial charge is 0.270 e. The van der Waals surface area contributed by atoms with Crippen LogP contribution in [-0.2, 0) is 15.4 Å². The topological polar surface area (TPSA) is 101 Å². The third kappa shape index (κ3) is 6.10. The molecule has 3 rings (SSSR count). The van der Waals surface area contributed by atoms with Crippen molar-refractivity contribution in [1.82, 2.24) is 14.9 Å². The molecule has 0 aliphatic carbocycles. The summed E-state index contributed by atoms with van der Waals surface area (Å²) < 4.78 is 27.9. The van der Waals surface area contributed by atoms with Gasteiger partial charge in [0.2, 0.25) is 9.47 Å². The van der Waals surface area contributed by atoms with E-state index in [4.69, 9.17) is 11.6 Å². The molecule has 0 bridgehead atoms. The standard InChI is InChI=1S/C21H23ClN4O3S2/c1-14(13-21(2,3)16-7-5-4-6-8-16)26-31(28,29)20-25-24-19(30-20)23-18(27)15-9-11-17(22)12-10-15/h4-12,14,26H,13H2,1-3H3,(H,23,24,27). The van der Waals surface area contributed by atoms with Crippen LogP contribution in [0.3, 0.4) is 0 Å². The second-order valence-corrected chi connectivity index (χ2v) is 11.1. The van der Waals surface area contributed by atoms with Gasteiger partial charge >= 0.3 is 0 Å². The number of carbonyl (C=O) groups is 1. The number of amides is 1. The van der Waals surface area contributed by atoms with Gasteiger partial charge in [0.15, 0.2) is 0 Å². The minimum Gasteiger partial charge on any atom is -0.296 e. The van der Waals surface area contributed by atoms with Crippen molar-refractivity contribution in [2.75, 3.05) is 5.32 Å². The van der Waals surface area contributed by atoms with Crippen molar-refractivity contribution in [2.45, 2.75) is 43.0 Å². The van der Waals surface area contributed by atoms with E-state index in [9.17, 15) is 13.2 Å². The number of anilines is 1. The third-order valence-electron chi connectivity index (χ3n) is 4.69. The molecule has 1 unspecified atom stereocenters. The molecule has 164 valence electrons. The van der Waals surface area contributed by atoms with Gasteiger partial charge in [0.25, 0.3) is 15.9 Å². The number of aromatic nitrogens is 2. The average molecular weight is 479 g/mol. The van der Waals surface area contributed by atoms with Crippen LogP contribution in [0.1, 0.15) is 43.1 Å². The lowest BCUT2D eigenvalue weighted by atomic mass is 9.79. The van der Waals surface area contributed by atoms with Crippen LogP contribution in [0.5, 0.6) is 0 Å². The molecule has 3 aromatic rings. The molecule has 1 atom stereocenters. The number of sulfonamides is 1. The van der Waals surface area contributed by atoms with Crippen LogP contribution >= 0.6 is 22.9 Å². The molecule has 7 nitrogen and oxygen atoms in total. The first kappa shape index (κ1) is 23.3. The summed E-state index contributed by atoms with van der Waals surface area (Å²) in [5.74, 6) is -0.428. The number of carbonyl (C=O) groups excluding carboxylic acids is 1. The first-order valence-corrected chi connectivity index (χ1v) is 12.2. The Morgan fingerprint density at radius 1 is 1.10 bits per heavy atom. The van der Waals surface area contributed by atoms with Crippen LogP contribution in [-0.4, -0.2) is 30.6 Å². The van der Waals surface area contributed by atoms with Crippen molar-refractivity contribution >= 4 is 44.0 Å². The summed E-state index contributed by atoms with van der Waals surface area (Å²) in [4.78, 5) is 12.3. The molecule has 0 saturated carbocycles. The molecule has 10 heteroatoms. The highest BCUT2D eigenvalue weighted by atomic mass is 35.5. The molecule has 0 spiro atoms. The van der Waals surface area contributed by atoms with E-state index < -0.39 is 15.9 Å². The Balaban J connectivity index is 1.65. The third-order valence-corrected chi connectivity index (χ3v) is 7.74. The van der Waals surface area contributed by atoms with E-state index >= 15 is 0 Å². The van der Waals surface area contributed by atoms with E-state index in [1.165, 1.54) is 0 Å². The normalized spacial score (nSPS) is 13.0. The Hall–Kier alpha value is -2.33. The first-order chi connectivity index (χ1) is 14.6. The van der Waals surface area contributed by atoms with E-state index in [1.807, 2.05) is 37.3 Å². The minimum atomic E-state index is -3.87. The quantitative estimate of drug-likeness (QED) is 0.465. The second kappa shape index (κ2) is 9.44. The SMILES string of the molecule is CC(CC(C)(C)c1ccccc1)NS(=O)(=O)c1nnc(NC(=O)c2ccc(Cl)cc2)s1. The fraction of sp³-hybridized carbons (Fsp3) is 0.286. The van der Waals surface area contributed by atoms with E-state index in [2.05, 4.69) is 34.1 Å². The summed E-state index contributed by atoms with van der Waals surface area (Å²) in [5.41, 5.74) is 1.28. The molecule has 1 aromatic heterocycles. The molecule has 0 aliphatic rings. The van der Waals surface area contributed by atoms with Gasteiger partial charge in [-0.25, -0.2) is 13.1 Å². The highest BCUT2D eigenvalue weighted by Gasteiger charge is 2.28. The number of halogens is 1. The van der Waals surface area contributed by atoms with Crippen molar-refractivity contribution in [3.8, 4) is 0 Å². The zero-order chi connectivity index (χ0) is 22.6. The van der Waals surface area contributed by atoms with E-state index in [0.717, 1.165) is 16.9 Å². The highest BCUT2D eigenvalue weighted by molar-refractivity contribution is 7.91. The summed E-state index contributed by atoms with van der Waals surface area (Å²) >= 11 is 6.61. The van der Waals surface area contributed by atoms with E-state index in [1.54, 1.807) is 24.3 Å². The zero-order valence-corrected chi connectivity index (χ0v) is 19.7. The maximum Gasteiger partial charge on any atom is 0.270 e. The molecule has 1 amide bonds. The molecule has 2 aromatic carbocycles. The van der Waals surface area contributed by atoms with Gasteiger partial charge < -0.3 is 0 Å². The van der Waals surface area contributed by atoms with Gasteiger partial charge in [0.05, 0.1) is 0 Å². The number of rotatable bonds is 8. The Kier molecular flexibility index (Phi) is 7.10. The van der Waals surface area contributed by atoms with Crippen LogP contribution in [0.2, 0.25) is 5.02 Å². The predicted octanol–water partition coefficient (Wildman–Crippen LogP) is 4.48. The molecular weight excluding hydrogens is 456 g/mol. The summed E-state index contributed by atoms with van der Waals surface area (Å²) in [6.07, 6.45) is 0.592. The maximum atomic E-state index is 12.7. The van der Waals surface area contributed by atoms with Gasteiger partial charge in [-0.1, -0.05) is 67.1 Å². The monoisotopic (exact) mass is 478 g/mol. The fourth-order valence-corrected chi connectivity index (χ4v) is 5.55. The zero-order valence-electron chi connectivity index (χ0n) is 17.3. The second-order valence-electron chi connectivity index (χ2n) is 7.81. The van der Waals surface area contributed by atoms with E-state index in [-0.39, 0.29) is 20.9 Å². The molecule has 31 heavy (non-hydrogen) atoms. The summed E-state index contributed by atoms with van der Waals surface area (Å²) in [6, 6.07) is 15.9. The number of hydrogen-bond acceptors (Lipinski definition) is 6. The molecule has 0 saturated heterocycles. The molecule has 1 heterocycles. The highest BCUT2D eigenvalue weighted by Crippen LogP contribution is 2.29. The van der Waals surface area contributed by atoms with Crippen LogP contribution < -0.4 is 10.0 Å². The molecule has 0 fully saturated rings. The molecule has 0 radical (unpaired) electrons. The summed E-state index contributed by atoms with van der Waals surface area (Å²) in [7, 11) is -3.87. The lowest BCUT2D eigenvalue weighted by Gasteiger charge is -2.28. The largest absolute Gasteiger partial charge is 0.296 e. The Labute approximate surface area is 190 Å². The van der Waals surface area contributed by atoms with Crippen molar-refractivity contribution in [3.05, 3.63) is 70.7 Å².